The highest BCUT2D eigenvalue weighted by molar-refractivity contribution is 5.81. The first-order chi connectivity index (χ1) is 8.93. The minimum absolute atomic E-state index is 0.165. The van der Waals surface area contributed by atoms with Crippen LogP contribution in [0.3, 0.4) is 0 Å². The van der Waals surface area contributed by atoms with Crippen LogP contribution in [0.15, 0.2) is 18.2 Å². The van der Waals surface area contributed by atoms with Crippen molar-refractivity contribution in [1.82, 2.24) is 0 Å². The van der Waals surface area contributed by atoms with E-state index in [2.05, 4.69) is 4.74 Å². The molecule has 0 aromatic heterocycles. The zero-order valence-electron chi connectivity index (χ0n) is 10.4. The van der Waals surface area contributed by atoms with E-state index in [4.69, 9.17) is 0 Å². The normalized spacial score (nSPS) is 11.7. The monoisotopic (exact) mass is 268 g/mol. The molecule has 1 rings (SSSR count). The lowest BCUT2D eigenvalue weighted by Gasteiger charge is -2.12. The molecule has 0 spiro atoms. The molecular weight excluding hydrogens is 256 g/mol. The fourth-order valence-electron chi connectivity index (χ4n) is 1.85. The van der Waals surface area contributed by atoms with E-state index < -0.39 is 33.1 Å². The van der Waals surface area contributed by atoms with Crippen molar-refractivity contribution in [2.45, 2.75) is 19.3 Å². The summed E-state index contributed by atoms with van der Waals surface area (Å²) in [5.41, 5.74) is -1.12. The van der Waals surface area contributed by atoms with E-state index in [1.807, 2.05) is 0 Å². The number of benzene rings is 1. The maximum atomic E-state index is 11.6. The van der Waals surface area contributed by atoms with Gasteiger partial charge in [-0.3, -0.25) is 25.0 Å². The SMILES string of the molecule is CCC(C(=O)OC)c1c([N+](=O)[O-])cccc1[N+](=O)[O-]. The van der Waals surface area contributed by atoms with Gasteiger partial charge in [0.2, 0.25) is 0 Å². The van der Waals surface area contributed by atoms with Gasteiger partial charge < -0.3 is 4.74 Å². The standard InChI is InChI=1S/C11H12N2O6/c1-3-7(11(14)19-2)10-8(12(15)16)5-4-6-9(10)13(17)18/h4-7H,3H2,1-2H3. The van der Waals surface area contributed by atoms with Crippen molar-refractivity contribution in [2.24, 2.45) is 0 Å². The Kier molecular flexibility index (Phi) is 4.51. The molecule has 1 aromatic rings. The van der Waals surface area contributed by atoms with Gasteiger partial charge in [-0.05, 0) is 12.5 Å². The Morgan fingerprint density at radius 1 is 1.26 bits per heavy atom. The predicted molar refractivity (Wildman–Crippen MR) is 64.8 cm³/mol. The minimum Gasteiger partial charge on any atom is -0.469 e. The van der Waals surface area contributed by atoms with Crippen LogP contribution in [-0.4, -0.2) is 22.9 Å². The van der Waals surface area contributed by atoms with Gasteiger partial charge in [-0.1, -0.05) is 6.92 Å². The van der Waals surface area contributed by atoms with Crippen molar-refractivity contribution in [3.8, 4) is 0 Å². The molecule has 0 aliphatic rings. The first-order valence-corrected chi connectivity index (χ1v) is 5.43. The van der Waals surface area contributed by atoms with Gasteiger partial charge in [0, 0.05) is 12.1 Å². The summed E-state index contributed by atoms with van der Waals surface area (Å²) in [6, 6.07) is 3.48. The summed E-state index contributed by atoms with van der Waals surface area (Å²) < 4.78 is 4.54. The van der Waals surface area contributed by atoms with Crippen LogP contribution in [-0.2, 0) is 9.53 Å². The number of hydrogen-bond donors (Lipinski definition) is 0. The van der Waals surface area contributed by atoms with Crippen molar-refractivity contribution < 1.29 is 19.4 Å². The van der Waals surface area contributed by atoms with Crippen molar-refractivity contribution in [1.29, 1.82) is 0 Å². The summed E-state index contributed by atoms with van der Waals surface area (Å²) in [5.74, 6) is -1.77. The molecule has 0 saturated heterocycles. The summed E-state index contributed by atoms with van der Waals surface area (Å²) in [6.45, 7) is 1.60. The molecule has 1 unspecified atom stereocenters. The number of nitrogens with zero attached hydrogens (tertiary/aromatic N) is 2. The fraction of sp³-hybridized carbons (Fsp3) is 0.364. The van der Waals surface area contributed by atoms with Crippen LogP contribution >= 0.6 is 0 Å². The first kappa shape index (κ1) is 14.6. The molecule has 102 valence electrons. The summed E-state index contributed by atoms with van der Waals surface area (Å²) in [5, 5.41) is 21.9. The highest BCUT2D eigenvalue weighted by atomic mass is 16.6. The van der Waals surface area contributed by atoms with Gasteiger partial charge in [-0.15, -0.1) is 0 Å². The largest absolute Gasteiger partial charge is 0.469 e. The van der Waals surface area contributed by atoms with Gasteiger partial charge in [-0.25, -0.2) is 0 Å². The Bertz CT molecular complexity index is 496. The van der Waals surface area contributed by atoms with E-state index >= 15 is 0 Å². The van der Waals surface area contributed by atoms with Crippen LogP contribution in [0.2, 0.25) is 0 Å². The fourth-order valence-corrected chi connectivity index (χ4v) is 1.85. The van der Waals surface area contributed by atoms with E-state index in [1.165, 1.54) is 6.07 Å². The number of nitro benzene ring substituents is 2. The number of carbonyl (C=O) groups excluding carboxylic acids is 1. The minimum atomic E-state index is -1.04. The van der Waals surface area contributed by atoms with E-state index in [1.54, 1.807) is 6.92 Å². The number of ether oxygens (including phenoxy) is 1. The van der Waals surface area contributed by atoms with E-state index in [9.17, 15) is 25.0 Å². The lowest BCUT2D eigenvalue weighted by atomic mass is 9.93. The van der Waals surface area contributed by atoms with Gasteiger partial charge in [0.05, 0.1) is 22.9 Å². The number of methoxy groups -OCH3 is 1. The van der Waals surface area contributed by atoms with Gasteiger partial charge in [0.1, 0.15) is 5.56 Å². The summed E-state index contributed by atoms with van der Waals surface area (Å²) >= 11 is 0. The van der Waals surface area contributed by atoms with Crippen LogP contribution in [0.4, 0.5) is 11.4 Å². The molecule has 0 saturated carbocycles. The molecule has 0 radical (unpaired) electrons. The Labute approximate surface area is 108 Å². The quantitative estimate of drug-likeness (QED) is 0.459. The van der Waals surface area contributed by atoms with Crippen molar-refractivity contribution in [3.05, 3.63) is 44.0 Å². The molecule has 19 heavy (non-hydrogen) atoms. The van der Waals surface area contributed by atoms with Crippen LogP contribution < -0.4 is 0 Å². The molecule has 0 aliphatic carbocycles. The Morgan fingerprint density at radius 3 is 2.05 bits per heavy atom. The van der Waals surface area contributed by atoms with E-state index in [-0.39, 0.29) is 12.0 Å². The summed E-state index contributed by atoms with van der Waals surface area (Å²) in [4.78, 5) is 32.1. The van der Waals surface area contributed by atoms with Crippen LogP contribution in [0.5, 0.6) is 0 Å². The molecule has 0 fully saturated rings. The third-order valence-corrected chi connectivity index (χ3v) is 2.70. The molecule has 0 amide bonds. The molecular formula is C11H12N2O6. The lowest BCUT2D eigenvalue weighted by Crippen LogP contribution is -2.16. The van der Waals surface area contributed by atoms with Crippen LogP contribution in [0.25, 0.3) is 0 Å². The third-order valence-electron chi connectivity index (χ3n) is 2.70. The average Bonchev–Trinajstić information content (AvgIpc) is 2.38. The smallest absolute Gasteiger partial charge is 0.313 e. The molecule has 0 bridgehead atoms. The molecule has 0 heterocycles. The number of hydrogen-bond acceptors (Lipinski definition) is 6. The zero-order valence-corrected chi connectivity index (χ0v) is 10.4. The second kappa shape index (κ2) is 5.89. The Morgan fingerprint density at radius 2 is 1.74 bits per heavy atom. The first-order valence-electron chi connectivity index (χ1n) is 5.43. The van der Waals surface area contributed by atoms with Gasteiger partial charge in [0.25, 0.3) is 11.4 Å². The topological polar surface area (TPSA) is 113 Å². The lowest BCUT2D eigenvalue weighted by molar-refractivity contribution is -0.395. The highest BCUT2D eigenvalue weighted by Gasteiger charge is 2.34. The van der Waals surface area contributed by atoms with E-state index in [0.717, 1.165) is 19.2 Å². The van der Waals surface area contributed by atoms with Crippen LogP contribution in [0, 0.1) is 20.2 Å². The molecule has 1 aromatic carbocycles. The number of nitro groups is 2. The molecule has 8 nitrogen and oxygen atoms in total. The van der Waals surface area contributed by atoms with Gasteiger partial charge >= 0.3 is 5.97 Å². The predicted octanol–water partition coefficient (Wildman–Crippen LogP) is 2.17. The maximum Gasteiger partial charge on any atom is 0.313 e. The summed E-state index contributed by atoms with van der Waals surface area (Å²) in [6.07, 6.45) is 0.165. The Balaban J connectivity index is 3.55. The number of esters is 1. The molecule has 8 heteroatoms. The maximum absolute atomic E-state index is 11.6. The zero-order chi connectivity index (χ0) is 14.6. The highest BCUT2D eigenvalue weighted by Crippen LogP contribution is 2.36. The second-order valence-electron chi connectivity index (χ2n) is 3.71. The van der Waals surface area contributed by atoms with Crippen molar-refractivity contribution in [3.63, 3.8) is 0 Å². The number of rotatable bonds is 5. The van der Waals surface area contributed by atoms with Crippen LogP contribution in [0.1, 0.15) is 24.8 Å². The van der Waals surface area contributed by atoms with Crippen molar-refractivity contribution >= 4 is 17.3 Å². The molecule has 1 atom stereocenters. The summed E-state index contributed by atoms with van der Waals surface area (Å²) in [7, 11) is 1.13. The second-order valence-corrected chi connectivity index (χ2v) is 3.71. The van der Waals surface area contributed by atoms with Crippen molar-refractivity contribution in [2.75, 3.05) is 7.11 Å². The third kappa shape index (κ3) is 2.84. The van der Waals surface area contributed by atoms with E-state index in [0.29, 0.717) is 0 Å². The molecule has 0 aliphatic heterocycles. The molecule has 0 N–H and O–H groups in total. The van der Waals surface area contributed by atoms with Gasteiger partial charge in [-0.2, -0.15) is 0 Å². The van der Waals surface area contributed by atoms with Gasteiger partial charge in [0.15, 0.2) is 0 Å². The Hall–Kier alpha value is -2.51. The number of carbonyl (C=O) groups is 1. The average molecular weight is 268 g/mol.